The zero-order valence-corrected chi connectivity index (χ0v) is 31.6. The Morgan fingerprint density at radius 1 is 0.456 bits per heavy atom. The maximum atomic E-state index is 6.60. The molecule has 0 atom stereocenters. The molecule has 10 aromatic rings. The molecule has 0 saturated carbocycles. The molecule has 1 aliphatic rings. The van der Waals surface area contributed by atoms with Crippen LogP contribution in [0.4, 0.5) is 17.1 Å². The summed E-state index contributed by atoms with van der Waals surface area (Å²) < 4.78 is 6.60. The van der Waals surface area contributed by atoms with E-state index in [4.69, 9.17) is 14.4 Å². The van der Waals surface area contributed by atoms with Gasteiger partial charge in [0.25, 0.3) is 0 Å². The number of nitrogens with zero attached hydrogens (tertiary/aromatic N) is 3. The third kappa shape index (κ3) is 5.37. The molecule has 0 radical (unpaired) electrons. The lowest BCUT2D eigenvalue weighted by molar-refractivity contribution is 0.660. The Kier molecular flexibility index (Phi) is 7.48. The Bertz CT molecular complexity index is 3150. The first-order valence-electron chi connectivity index (χ1n) is 19.5. The van der Waals surface area contributed by atoms with Gasteiger partial charge in [-0.2, -0.15) is 0 Å². The summed E-state index contributed by atoms with van der Waals surface area (Å²) in [4.78, 5) is 12.6. The second-order valence-electron chi connectivity index (χ2n) is 15.4. The van der Waals surface area contributed by atoms with Crippen LogP contribution < -0.4 is 4.90 Å². The molecule has 2 heterocycles. The van der Waals surface area contributed by atoms with Gasteiger partial charge in [0.05, 0.1) is 16.9 Å². The van der Waals surface area contributed by atoms with E-state index in [1.807, 2.05) is 30.3 Å². The topological polar surface area (TPSA) is 42.2 Å². The highest BCUT2D eigenvalue weighted by molar-refractivity contribution is 6.08. The monoisotopic (exact) mass is 731 g/mol. The fraction of sp³-hybridized carbons (Fsp3) is 0.0566. The van der Waals surface area contributed by atoms with Gasteiger partial charge in [-0.15, -0.1) is 0 Å². The summed E-state index contributed by atoms with van der Waals surface area (Å²) in [5.41, 5.74) is 16.2. The summed E-state index contributed by atoms with van der Waals surface area (Å²) in [7, 11) is 0. The Morgan fingerprint density at radius 2 is 1.12 bits per heavy atom. The molecule has 2 aromatic heterocycles. The van der Waals surface area contributed by atoms with Crippen molar-refractivity contribution >= 4 is 49.9 Å². The summed E-state index contributed by atoms with van der Waals surface area (Å²) >= 11 is 0. The Balaban J connectivity index is 1.07. The molecule has 0 N–H and O–H groups in total. The van der Waals surface area contributed by atoms with Crippen LogP contribution in [-0.2, 0) is 5.41 Å². The molecule has 8 aromatic carbocycles. The molecule has 270 valence electrons. The first-order chi connectivity index (χ1) is 28.0. The van der Waals surface area contributed by atoms with E-state index in [0.29, 0.717) is 5.82 Å². The highest BCUT2D eigenvalue weighted by Crippen LogP contribution is 2.54. The van der Waals surface area contributed by atoms with Crippen LogP contribution >= 0.6 is 0 Å². The molecule has 4 heteroatoms. The molecule has 57 heavy (non-hydrogen) atoms. The van der Waals surface area contributed by atoms with Gasteiger partial charge in [0.15, 0.2) is 5.82 Å². The average molecular weight is 732 g/mol. The summed E-state index contributed by atoms with van der Waals surface area (Å²) in [5, 5.41) is 3.13. The van der Waals surface area contributed by atoms with Gasteiger partial charge in [-0.1, -0.05) is 147 Å². The molecule has 1 aliphatic carbocycles. The smallest absolute Gasteiger partial charge is 0.160 e. The van der Waals surface area contributed by atoms with Gasteiger partial charge in [-0.3, -0.25) is 0 Å². The van der Waals surface area contributed by atoms with Crippen LogP contribution in [0.1, 0.15) is 25.0 Å². The van der Waals surface area contributed by atoms with Crippen LogP contribution in [0.2, 0.25) is 0 Å². The van der Waals surface area contributed by atoms with Crippen molar-refractivity contribution in [2.24, 2.45) is 0 Å². The van der Waals surface area contributed by atoms with Crippen LogP contribution in [-0.4, -0.2) is 9.97 Å². The van der Waals surface area contributed by atoms with E-state index >= 15 is 0 Å². The molecule has 11 rings (SSSR count). The summed E-state index contributed by atoms with van der Waals surface area (Å²) in [6.45, 7) is 4.67. The van der Waals surface area contributed by atoms with Gasteiger partial charge in [-0.05, 0) is 82.4 Å². The minimum Gasteiger partial charge on any atom is -0.456 e. The predicted molar refractivity (Wildman–Crippen MR) is 235 cm³/mol. The predicted octanol–water partition coefficient (Wildman–Crippen LogP) is 14.3. The molecule has 0 spiro atoms. The highest BCUT2D eigenvalue weighted by atomic mass is 16.3. The fourth-order valence-corrected chi connectivity index (χ4v) is 8.85. The lowest BCUT2D eigenvalue weighted by Gasteiger charge is -2.29. The van der Waals surface area contributed by atoms with Crippen molar-refractivity contribution in [3.63, 3.8) is 0 Å². The van der Waals surface area contributed by atoms with Crippen molar-refractivity contribution in [3.05, 3.63) is 199 Å². The third-order valence-corrected chi connectivity index (χ3v) is 11.7. The quantitative estimate of drug-likeness (QED) is 0.171. The maximum Gasteiger partial charge on any atom is 0.160 e. The van der Waals surface area contributed by atoms with Crippen molar-refractivity contribution < 1.29 is 4.42 Å². The van der Waals surface area contributed by atoms with Gasteiger partial charge < -0.3 is 9.32 Å². The van der Waals surface area contributed by atoms with Crippen molar-refractivity contribution in [1.82, 2.24) is 9.97 Å². The third-order valence-electron chi connectivity index (χ3n) is 11.7. The van der Waals surface area contributed by atoms with Crippen LogP contribution in [0.15, 0.2) is 192 Å². The van der Waals surface area contributed by atoms with E-state index in [2.05, 4.69) is 176 Å². The minimum atomic E-state index is -0.121. The van der Waals surface area contributed by atoms with Gasteiger partial charge in [0.1, 0.15) is 11.2 Å². The molecule has 0 unspecified atom stereocenters. The Morgan fingerprint density at radius 3 is 1.95 bits per heavy atom. The molecule has 0 bridgehead atoms. The minimum absolute atomic E-state index is 0.121. The number of aromatic nitrogens is 2. The number of hydrogen-bond donors (Lipinski definition) is 0. The Labute approximate surface area is 331 Å². The number of fused-ring (bicyclic) bond motifs is 7. The molecule has 0 saturated heterocycles. The van der Waals surface area contributed by atoms with E-state index in [9.17, 15) is 0 Å². The standard InChI is InChI=1S/C53H37N3O/c1-53(2)44-20-11-9-18-41(44)50-45(53)21-13-23-47(50)56(38-27-24-35(25-28-38)34-14-5-3-6-15-34)39-29-31-48-43(33-39)40-30-26-37(32-49(40)57-48)52-54-46-22-12-10-19-42(46)51(55-52)36-16-7-4-8-17-36/h3-33H,1-2H3. The van der Waals surface area contributed by atoms with Crippen LogP contribution in [0, 0.1) is 0 Å². The summed E-state index contributed by atoms with van der Waals surface area (Å²) in [6, 6.07) is 66.6. The average Bonchev–Trinajstić information content (AvgIpc) is 3.75. The first-order valence-corrected chi connectivity index (χ1v) is 19.5. The van der Waals surface area contributed by atoms with Crippen molar-refractivity contribution in [3.8, 4) is 44.9 Å². The van der Waals surface area contributed by atoms with Gasteiger partial charge >= 0.3 is 0 Å². The van der Waals surface area contributed by atoms with Crippen LogP contribution in [0.3, 0.4) is 0 Å². The number of furan rings is 1. The van der Waals surface area contributed by atoms with Crippen LogP contribution in [0.5, 0.6) is 0 Å². The number of hydrogen-bond acceptors (Lipinski definition) is 4. The lowest BCUT2D eigenvalue weighted by Crippen LogP contribution is -2.16. The summed E-state index contributed by atoms with van der Waals surface area (Å²) in [5.74, 6) is 0.668. The zero-order valence-electron chi connectivity index (χ0n) is 31.6. The molecule has 0 fully saturated rings. The SMILES string of the molecule is CC1(C)c2ccccc2-c2c(N(c3ccc(-c4ccccc4)cc3)c3ccc4oc5cc(-c6nc(-c7ccccc7)c7ccccc7n6)ccc5c4c3)cccc21. The number of rotatable bonds is 6. The fourth-order valence-electron chi connectivity index (χ4n) is 8.85. The van der Waals surface area contributed by atoms with E-state index in [0.717, 1.165) is 66.7 Å². The van der Waals surface area contributed by atoms with Gasteiger partial charge in [-0.25, -0.2) is 9.97 Å². The lowest BCUT2D eigenvalue weighted by atomic mass is 9.82. The van der Waals surface area contributed by atoms with Crippen LogP contribution in [0.25, 0.3) is 77.7 Å². The number of para-hydroxylation sites is 1. The molecule has 0 aliphatic heterocycles. The largest absolute Gasteiger partial charge is 0.456 e. The molecular formula is C53H37N3O. The summed E-state index contributed by atoms with van der Waals surface area (Å²) in [6.07, 6.45) is 0. The van der Waals surface area contributed by atoms with Gasteiger partial charge in [0.2, 0.25) is 0 Å². The van der Waals surface area contributed by atoms with E-state index < -0.39 is 0 Å². The normalized spacial score (nSPS) is 12.9. The second kappa shape index (κ2) is 12.9. The van der Waals surface area contributed by atoms with Crippen molar-refractivity contribution in [2.45, 2.75) is 19.3 Å². The molecule has 4 nitrogen and oxygen atoms in total. The van der Waals surface area contributed by atoms with Gasteiger partial charge in [0, 0.05) is 49.6 Å². The first kappa shape index (κ1) is 33.1. The molecule has 0 amide bonds. The second-order valence-corrected chi connectivity index (χ2v) is 15.4. The van der Waals surface area contributed by atoms with Crippen molar-refractivity contribution in [2.75, 3.05) is 4.90 Å². The van der Waals surface area contributed by atoms with Crippen molar-refractivity contribution in [1.29, 1.82) is 0 Å². The van der Waals surface area contributed by atoms with E-state index in [1.54, 1.807) is 0 Å². The molecular weight excluding hydrogens is 695 g/mol. The van der Waals surface area contributed by atoms with E-state index in [-0.39, 0.29) is 5.41 Å². The maximum absolute atomic E-state index is 6.60. The number of benzene rings is 8. The zero-order chi connectivity index (χ0) is 38.1. The highest BCUT2D eigenvalue weighted by Gasteiger charge is 2.37. The van der Waals surface area contributed by atoms with E-state index in [1.165, 1.54) is 33.4 Å². The Hall–Kier alpha value is -7.30. The number of anilines is 3.